The quantitative estimate of drug-likeness (QED) is 0.793. The molecule has 0 saturated carbocycles. The molecule has 0 unspecified atom stereocenters. The van der Waals surface area contributed by atoms with Crippen molar-refractivity contribution in [1.82, 2.24) is 10.2 Å². The Morgan fingerprint density at radius 1 is 1.50 bits per heavy atom. The summed E-state index contributed by atoms with van der Waals surface area (Å²) >= 11 is 5.76. The molecule has 1 heterocycles. The molecule has 2 aromatic rings. The zero-order valence-electron chi connectivity index (χ0n) is 9.27. The number of aromatic carboxylic acids is 1. The van der Waals surface area contributed by atoms with E-state index in [0.717, 1.165) is 0 Å². The van der Waals surface area contributed by atoms with Crippen LogP contribution in [-0.2, 0) is 0 Å². The molecule has 3 N–H and O–H groups in total. The van der Waals surface area contributed by atoms with Gasteiger partial charge in [0.2, 0.25) is 0 Å². The molecule has 6 nitrogen and oxygen atoms in total. The van der Waals surface area contributed by atoms with Gasteiger partial charge in [-0.15, -0.1) is 0 Å². The number of hydrogen-bond acceptors (Lipinski definition) is 4. The fraction of sp³-hybridized carbons (Fsp3) is 0.0909. The van der Waals surface area contributed by atoms with Gasteiger partial charge in [0, 0.05) is 5.56 Å². The molecule has 0 aliphatic heterocycles. The molecule has 0 spiro atoms. The highest BCUT2D eigenvalue weighted by molar-refractivity contribution is 6.32. The van der Waals surface area contributed by atoms with Crippen LogP contribution in [0.4, 0.5) is 0 Å². The monoisotopic (exact) mass is 268 g/mol. The average molecular weight is 269 g/mol. The zero-order valence-corrected chi connectivity index (χ0v) is 10.0. The van der Waals surface area contributed by atoms with Gasteiger partial charge in [-0.2, -0.15) is 5.10 Å². The number of phenolic OH excluding ortho intramolecular Hbond substituents is 1. The standard InChI is InChI=1S/C11H9ClN2O4/c1-18-10-5(2-3-6(12)9(10)15)7-4-8(11(16)17)14-13-7/h2-4,15H,1H3,(H,13,14)(H,16,17). The van der Waals surface area contributed by atoms with Gasteiger partial charge < -0.3 is 14.9 Å². The molecule has 1 aromatic carbocycles. The van der Waals surface area contributed by atoms with Crippen LogP contribution in [0.3, 0.4) is 0 Å². The van der Waals surface area contributed by atoms with Crippen LogP contribution in [0.15, 0.2) is 18.2 Å². The molecule has 0 aliphatic carbocycles. The second-order valence-corrected chi connectivity index (χ2v) is 3.86. The van der Waals surface area contributed by atoms with Gasteiger partial charge >= 0.3 is 5.97 Å². The van der Waals surface area contributed by atoms with Crippen molar-refractivity contribution in [3.63, 3.8) is 0 Å². The van der Waals surface area contributed by atoms with E-state index in [0.29, 0.717) is 11.3 Å². The highest BCUT2D eigenvalue weighted by atomic mass is 35.5. The summed E-state index contributed by atoms with van der Waals surface area (Å²) in [5.74, 6) is -1.19. The number of nitrogens with zero attached hydrogens (tertiary/aromatic N) is 1. The third-order valence-corrected chi connectivity index (χ3v) is 2.68. The van der Waals surface area contributed by atoms with Crippen LogP contribution in [-0.4, -0.2) is 33.5 Å². The van der Waals surface area contributed by atoms with Gasteiger partial charge in [-0.25, -0.2) is 4.79 Å². The molecule has 0 atom stereocenters. The number of aromatic hydroxyl groups is 1. The van der Waals surface area contributed by atoms with Crippen LogP contribution in [0.25, 0.3) is 11.3 Å². The second kappa shape index (κ2) is 4.58. The molecular formula is C11H9ClN2O4. The first-order valence-corrected chi connectivity index (χ1v) is 5.27. The Balaban J connectivity index is 2.56. The SMILES string of the molecule is COc1c(-c2cc(C(=O)O)[nH]n2)ccc(Cl)c1O. The number of carboxylic acid groups (broad SMARTS) is 1. The first kappa shape index (κ1) is 12.3. The molecule has 0 bridgehead atoms. The Bertz CT molecular complexity index is 609. The Kier molecular flexibility index (Phi) is 3.12. The average Bonchev–Trinajstić information content (AvgIpc) is 2.82. The number of nitrogens with one attached hydrogen (secondary N) is 1. The summed E-state index contributed by atoms with van der Waals surface area (Å²) in [6.07, 6.45) is 0. The van der Waals surface area contributed by atoms with E-state index in [4.69, 9.17) is 21.4 Å². The fourth-order valence-electron chi connectivity index (χ4n) is 1.52. The highest BCUT2D eigenvalue weighted by Gasteiger charge is 2.17. The minimum atomic E-state index is -1.12. The van der Waals surface area contributed by atoms with Crippen molar-refractivity contribution in [2.24, 2.45) is 0 Å². The molecule has 94 valence electrons. The topological polar surface area (TPSA) is 95.4 Å². The van der Waals surface area contributed by atoms with Gasteiger partial charge in [-0.1, -0.05) is 11.6 Å². The van der Waals surface area contributed by atoms with Crippen molar-refractivity contribution < 1.29 is 19.7 Å². The number of carboxylic acids is 1. The molecule has 0 amide bonds. The number of hydrogen-bond donors (Lipinski definition) is 3. The minimum Gasteiger partial charge on any atom is -0.503 e. The van der Waals surface area contributed by atoms with Crippen LogP contribution in [0.2, 0.25) is 5.02 Å². The number of H-pyrrole nitrogens is 1. The Hall–Kier alpha value is -2.21. The molecule has 0 radical (unpaired) electrons. The van der Waals surface area contributed by atoms with Gasteiger partial charge in [0.05, 0.1) is 17.8 Å². The lowest BCUT2D eigenvalue weighted by Crippen LogP contribution is -1.95. The number of carbonyl (C=O) groups is 1. The van der Waals surface area contributed by atoms with Crippen molar-refractivity contribution in [2.45, 2.75) is 0 Å². The number of ether oxygens (including phenoxy) is 1. The number of rotatable bonds is 3. The fourth-order valence-corrected chi connectivity index (χ4v) is 1.67. The largest absolute Gasteiger partial charge is 0.503 e. The Morgan fingerprint density at radius 2 is 2.22 bits per heavy atom. The number of benzene rings is 1. The van der Waals surface area contributed by atoms with Crippen LogP contribution >= 0.6 is 11.6 Å². The summed E-state index contributed by atoms with van der Waals surface area (Å²) in [5.41, 5.74) is 0.737. The smallest absolute Gasteiger partial charge is 0.353 e. The summed E-state index contributed by atoms with van der Waals surface area (Å²) in [4.78, 5) is 10.7. The maximum Gasteiger partial charge on any atom is 0.353 e. The maximum atomic E-state index is 10.7. The lowest BCUT2D eigenvalue weighted by molar-refractivity contribution is 0.0690. The lowest BCUT2D eigenvalue weighted by Gasteiger charge is -2.09. The first-order valence-electron chi connectivity index (χ1n) is 4.89. The molecule has 7 heteroatoms. The first-order chi connectivity index (χ1) is 8.54. The van der Waals surface area contributed by atoms with Gasteiger partial charge in [-0.3, -0.25) is 5.10 Å². The second-order valence-electron chi connectivity index (χ2n) is 3.45. The van der Waals surface area contributed by atoms with Crippen molar-refractivity contribution >= 4 is 17.6 Å². The highest BCUT2D eigenvalue weighted by Crippen LogP contribution is 2.41. The van der Waals surface area contributed by atoms with E-state index >= 15 is 0 Å². The molecule has 18 heavy (non-hydrogen) atoms. The summed E-state index contributed by atoms with van der Waals surface area (Å²) in [5, 5.41) is 24.9. The van der Waals surface area contributed by atoms with Crippen LogP contribution < -0.4 is 4.74 Å². The van der Waals surface area contributed by atoms with E-state index in [1.807, 2.05) is 0 Å². The third kappa shape index (κ3) is 1.98. The van der Waals surface area contributed by atoms with Gasteiger partial charge in [0.1, 0.15) is 5.69 Å². The molecule has 0 aliphatic rings. The van der Waals surface area contributed by atoms with Crippen molar-refractivity contribution in [2.75, 3.05) is 7.11 Å². The molecular weight excluding hydrogens is 260 g/mol. The van der Waals surface area contributed by atoms with Crippen LogP contribution in [0.5, 0.6) is 11.5 Å². The van der Waals surface area contributed by atoms with Crippen molar-refractivity contribution in [1.29, 1.82) is 0 Å². The maximum absolute atomic E-state index is 10.7. The van der Waals surface area contributed by atoms with E-state index < -0.39 is 5.97 Å². The van der Waals surface area contributed by atoms with E-state index in [9.17, 15) is 9.90 Å². The number of aromatic nitrogens is 2. The van der Waals surface area contributed by atoms with Gasteiger partial charge in [0.25, 0.3) is 0 Å². The lowest BCUT2D eigenvalue weighted by atomic mass is 10.1. The number of methoxy groups -OCH3 is 1. The molecule has 2 rings (SSSR count). The third-order valence-electron chi connectivity index (χ3n) is 2.37. The Labute approximate surface area is 107 Å². The number of aromatic amines is 1. The number of halogens is 1. The predicted octanol–water partition coefficient (Wildman–Crippen LogP) is 2.14. The Morgan fingerprint density at radius 3 is 2.78 bits per heavy atom. The van der Waals surface area contributed by atoms with E-state index in [2.05, 4.69) is 10.2 Å². The van der Waals surface area contributed by atoms with Gasteiger partial charge in [-0.05, 0) is 18.2 Å². The van der Waals surface area contributed by atoms with Gasteiger partial charge in [0.15, 0.2) is 11.5 Å². The molecule has 0 fully saturated rings. The predicted molar refractivity (Wildman–Crippen MR) is 64.2 cm³/mol. The minimum absolute atomic E-state index is 0.0542. The molecule has 1 aromatic heterocycles. The van der Waals surface area contributed by atoms with Crippen molar-refractivity contribution in [3.05, 3.63) is 28.9 Å². The van der Waals surface area contributed by atoms with Crippen molar-refractivity contribution in [3.8, 4) is 22.8 Å². The zero-order chi connectivity index (χ0) is 13.3. The summed E-state index contributed by atoms with van der Waals surface area (Å²) in [7, 11) is 1.37. The van der Waals surface area contributed by atoms with Crippen LogP contribution in [0.1, 0.15) is 10.5 Å². The van der Waals surface area contributed by atoms with E-state index in [-0.39, 0.29) is 22.2 Å². The van der Waals surface area contributed by atoms with E-state index in [1.54, 1.807) is 6.07 Å². The summed E-state index contributed by atoms with van der Waals surface area (Å²) in [6, 6.07) is 4.40. The van der Waals surface area contributed by atoms with Crippen LogP contribution in [0, 0.1) is 0 Å². The summed E-state index contributed by atoms with van der Waals surface area (Å²) < 4.78 is 5.05. The normalized spacial score (nSPS) is 10.3. The molecule has 0 saturated heterocycles. The van der Waals surface area contributed by atoms with E-state index in [1.165, 1.54) is 19.2 Å². The number of phenols is 1. The summed E-state index contributed by atoms with van der Waals surface area (Å²) in [6.45, 7) is 0.